The number of hydrogen-bond acceptors (Lipinski definition) is 3. The highest BCUT2D eigenvalue weighted by atomic mass is 16.5. The van der Waals surface area contributed by atoms with Gasteiger partial charge in [0.1, 0.15) is 5.69 Å². The third kappa shape index (κ3) is 3.40. The van der Waals surface area contributed by atoms with E-state index in [1.54, 1.807) is 6.07 Å². The number of carbonyl (C=O) groups excluding carboxylic acids is 1. The number of H-pyrrole nitrogens is 1. The molecule has 1 heterocycles. The average molecular weight is 210 g/mol. The van der Waals surface area contributed by atoms with Crippen molar-refractivity contribution in [3.05, 3.63) is 23.5 Å². The Morgan fingerprint density at radius 3 is 3.00 bits per heavy atom. The van der Waals surface area contributed by atoms with Gasteiger partial charge < -0.3 is 15.0 Å². The molecule has 0 bridgehead atoms. The quantitative estimate of drug-likeness (QED) is 0.727. The van der Waals surface area contributed by atoms with Crippen LogP contribution in [-0.2, 0) is 11.3 Å². The summed E-state index contributed by atoms with van der Waals surface area (Å²) in [6.45, 7) is 5.03. The van der Waals surface area contributed by atoms with Crippen LogP contribution in [0.15, 0.2) is 12.3 Å². The second-order valence-electron chi connectivity index (χ2n) is 3.60. The Bertz CT molecular complexity index is 320. The van der Waals surface area contributed by atoms with E-state index in [1.165, 1.54) is 7.11 Å². The van der Waals surface area contributed by atoms with E-state index in [-0.39, 0.29) is 5.97 Å². The van der Waals surface area contributed by atoms with Crippen LogP contribution in [0.1, 0.15) is 36.3 Å². The summed E-state index contributed by atoms with van der Waals surface area (Å²) in [5, 5.41) is 3.35. The van der Waals surface area contributed by atoms with Gasteiger partial charge in [-0.3, -0.25) is 0 Å². The highest BCUT2D eigenvalue weighted by molar-refractivity contribution is 5.87. The Balaban J connectivity index is 2.49. The molecule has 0 aliphatic carbocycles. The Labute approximate surface area is 90.0 Å². The van der Waals surface area contributed by atoms with Crippen LogP contribution >= 0.6 is 0 Å². The van der Waals surface area contributed by atoms with Gasteiger partial charge in [-0.1, -0.05) is 6.92 Å². The van der Waals surface area contributed by atoms with Crippen molar-refractivity contribution in [3.8, 4) is 0 Å². The molecule has 2 N–H and O–H groups in total. The van der Waals surface area contributed by atoms with E-state index >= 15 is 0 Å². The van der Waals surface area contributed by atoms with Crippen LogP contribution in [-0.4, -0.2) is 24.1 Å². The minimum atomic E-state index is -0.329. The number of esters is 1. The van der Waals surface area contributed by atoms with E-state index < -0.39 is 0 Å². The summed E-state index contributed by atoms with van der Waals surface area (Å²) in [6.07, 6.45) is 2.91. The first-order chi connectivity index (χ1) is 7.17. The Morgan fingerprint density at radius 1 is 1.67 bits per heavy atom. The average Bonchev–Trinajstić information content (AvgIpc) is 2.73. The number of nitrogens with one attached hydrogen (secondary N) is 2. The van der Waals surface area contributed by atoms with Crippen LogP contribution in [0.4, 0.5) is 0 Å². The zero-order valence-corrected chi connectivity index (χ0v) is 9.46. The maximum atomic E-state index is 11.1. The third-order valence-electron chi connectivity index (χ3n) is 2.42. The topological polar surface area (TPSA) is 54.1 Å². The summed E-state index contributed by atoms with van der Waals surface area (Å²) >= 11 is 0. The molecule has 0 spiro atoms. The minimum absolute atomic E-state index is 0.329. The molecule has 0 aliphatic heterocycles. The first-order valence-corrected chi connectivity index (χ1v) is 5.16. The van der Waals surface area contributed by atoms with Crippen LogP contribution in [0, 0.1) is 0 Å². The van der Waals surface area contributed by atoms with Crippen LogP contribution in [0.3, 0.4) is 0 Å². The van der Waals surface area contributed by atoms with Gasteiger partial charge >= 0.3 is 5.97 Å². The molecule has 0 saturated carbocycles. The molecule has 4 heteroatoms. The summed E-state index contributed by atoms with van der Waals surface area (Å²) in [6, 6.07) is 2.29. The molecule has 0 fully saturated rings. The van der Waals surface area contributed by atoms with Gasteiger partial charge in [0.05, 0.1) is 7.11 Å². The number of hydrogen-bond donors (Lipinski definition) is 2. The summed E-state index contributed by atoms with van der Waals surface area (Å²) < 4.78 is 4.61. The Hall–Kier alpha value is -1.29. The Morgan fingerprint density at radius 2 is 2.40 bits per heavy atom. The van der Waals surface area contributed by atoms with Gasteiger partial charge in [-0.2, -0.15) is 0 Å². The van der Waals surface area contributed by atoms with Gasteiger partial charge in [0.25, 0.3) is 0 Å². The summed E-state index contributed by atoms with van der Waals surface area (Å²) in [7, 11) is 1.38. The van der Waals surface area contributed by atoms with E-state index in [9.17, 15) is 4.79 Å². The van der Waals surface area contributed by atoms with Gasteiger partial charge in [0, 0.05) is 18.8 Å². The fourth-order valence-corrected chi connectivity index (χ4v) is 1.21. The molecular weight excluding hydrogens is 192 g/mol. The zero-order chi connectivity index (χ0) is 11.3. The predicted molar refractivity (Wildman–Crippen MR) is 58.7 cm³/mol. The van der Waals surface area contributed by atoms with Crippen LogP contribution in [0.5, 0.6) is 0 Å². The predicted octanol–water partition coefficient (Wildman–Crippen LogP) is 1.69. The highest BCUT2D eigenvalue weighted by Crippen LogP contribution is 2.05. The molecule has 1 unspecified atom stereocenters. The molecule has 1 atom stereocenters. The van der Waals surface area contributed by atoms with E-state index in [2.05, 4.69) is 28.9 Å². The van der Waals surface area contributed by atoms with Crippen molar-refractivity contribution < 1.29 is 9.53 Å². The molecule has 0 saturated heterocycles. The lowest BCUT2D eigenvalue weighted by Gasteiger charge is -2.09. The van der Waals surface area contributed by atoms with Crippen LogP contribution in [0.25, 0.3) is 0 Å². The second-order valence-corrected chi connectivity index (χ2v) is 3.60. The number of ether oxygens (including phenoxy) is 1. The second kappa shape index (κ2) is 5.56. The molecule has 0 radical (unpaired) electrons. The molecule has 4 nitrogen and oxygen atoms in total. The lowest BCUT2D eigenvalue weighted by Crippen LogP contribution is -2.24. The fraction of sp³-hybridized carbons (Fsp3) is 0.545. The molecule has 0 aliphatic rings. The number of aromatic amines is 1. The third-order valence-corrected chi connectivity index (χ3v) is 2.42. The molecule has 84 valence electrons. The van der Waals surface area contributed by atoms with E-state index in [1.807, 2.05) is 6.20 Å². The largest absolute Gasteiger partial charge is 0.464 e. The van der Waals surface area contributed by atoms with Gasteiger partial charge in [-0.15, -0.1) is 0 Å². The Kier molecular flexibility index (Phi) is 4.37. The SMILES string of the molecule is CCC(C)NCc1c[nH]c(C(=O)OC)c1. The van der Waals surface area contributed by atoms with E-state index in [0.29, 0.717) is 11.7 Å². The molecule has 1 rings (SSSR count). The summed E-state index contributed by atoms with van der Waals surface area (Å²) in [5.74, 6) is -0.329. The number of methoxy groups -OCH3 is 1. The van der Waals surface area contributed by atoms with Crippen molar-refractivity contribution in [2.24, 2.45) is 0 Å². The van der Waals surface area contributed by atoms with Crippen molar-refractivity contribution in [2.75, 3.05) is 7.11 Å². The zero-order valence-electron chi connectivity index (χ0n) is 9.46. The lowest BCUT2D eigenvalue weighted by atomic mass is 10.2. The van der Waals surface area contributed by atoms with Crippen molar-refractivity contribution >= 4 is 5.97 Å². The molecular formula is C11H18N2O2. The fourth-order valence-electron chi connectivity index (χ4n) is 1.21. The summed E-state index contributed by atoms with van der Waals surface area (Å²) in [5.41, 5.74) is 1.56. The van der Waals surface area contributed by atoms with Gasteiger partial charge in [0.15, 0.2) is 0 Å². The lowest BCUT2D eigenvalue weighted by molar-refractivity contribution is 0.0595. The standard InChI is InChI=1S/C11H18N2O2/c1-4-8(2)12-6-9-5-10(13-7-9)11(14)15-3/h5,7-8,12-13H,4,6H2,1-3H3. The molecule has 15 heavy (non-hydrogen) atoms. The monoisotopic (exact) mass is 210 g/mol. The van der Waals surface area contributed by atoms with E-state index in [0.717, 1.165) is 18.5 Å². The number of rotatable bonds is 5. The van der Waals surface area contributed by atoms with Gasteiger partial charge in [-0.25, -0.2) is 4.79 Å². The molecule has 0 aromatic carbocycles. The van der Waals surface area contributed by atoms with Crippen LogP contribution < -0.4 is 5.32 Å². The summed E-state index contributed by atoms with van der Waals surface area (Å²) in [4.78, 5) is 14.0. The van der Waals surface area contributed by atoms with Crippen molar-refractivity contribution in [2.45, 2.75) is 32.9 Å². The molecule has 1 aromatic rings. The maximum Gasteiger partial charge on any atom is 0.354 e. The first kappa shape index (κ1) is 11.8. The highest BCUT2D eigenvalue weighted by Gasteiger charge is 2.08. The van der Waals surface area contributed by atoms with Crippen LogP contribution in [0.2, 0.25) is 0 Å². The van der Waals surface area contributed by atoms with Crippen molar-refractivity contribution in [1.29, 1.82) is 0 Å². The number of aromatic nitrogens is 1. The number of carbonyl (C=O) groups is 1. The minimum Gasteiger partial charge on any atom is -0.464 e. The smallest absolute Gasteiger partial charge is 0.354 e. The van der Waals surface area contributed by atoms with E-state index in [4.69, 9.17) is 0 Å². The normalized spacial score (nSPS) is 12.5. The van der Waals surface area contributed by atoms with Crippen molar-refractivity contribution in [1.82, 2.24) is 10.3 Å². The molecule has 1 aromatic heterocycles. The van der Waals surface area contributed by atoms with Gasteiger partial charge in [-0.05, 0) is 25.0 Å². The first-order valence-electron chi connectivity index (χ1n) is 5.16. The maximum absolute atomic E-state index is 11.1. The molecule has 0 amide bonds. The van der Waals surface area contributed by atoms with Gasteiger partial charge in [0.2, 0.25) is 0 Å². The van der Waals surface area contributed by atoms with Crippen molar-refractivity contribution in [3.63, 3.8) is 0 Å².